The zero-order chi connectivity index (χ0) is 15.2. The van der Waals surface area contributed by atoms with Gasteiger partial charge in [-0.05, 0) is 31.5 Å². The van der Waals surface area contributed by atoms with Crippen molar-refractivity contribution in [3.63, 3.8) is 0 Å². The van der Waals surface area contributed by atoms with Gasteiger partial charge in [0.05, 0.1) is 19.6 Å². The summed E-state index contributed by atoms with van der Waals surface area (Å²) in [6.07, 6.45) is 1.70. The molecular formula is C15H21N3O3. The largest absolute Gasteiger partial charge is 0.497 e. The molecule has 0 saturated carbocycles. The number of nitrogens with one attached hydrogen (secondary N) is 1. The van der Waals surface area contributed by atoms with E-state index < -0.39 is 0 Å². The molecular weight excluding hydrogens is 270 g/mol. The molecule has 1 saturated heterocycles. The second-order valence-corrected chi connectivity index (χ2v) is 5.26. The van der Waals surface area contributed by atoms with Crippen molar-refractivity contribution in [1.29, 1.82) is 0 Å². The number of likely N-dealkylation sites (tertiary alicyclic amines) is 1. The summed E-state index contributed by atoms with van der Waals surface area (Å²) in [6.45, 7) is 1.64. The molecule has 3 N–H and O–H groups in total. The average Bonchev–Trinajstić information content (AvgIpc) is 2.47. The summed E-state index contributed by atoms with van der Waals surface area (Å²) in [4.78, 5) is 25.2. The smallest absolute Gasteiger partial charge is 0.238 e. The number of methoxy groups -OCH3 is 1. The molecule has 0 aliphatic carbocycles. The molecule has 6 nitrogen and oxygen atoms in total. The van der Waals surface area contributed by atoms with Crippen molar-refractivity contribution in [2.45, 2.75) is 12.8 Å². The number of amides is 2. The minimum absolute atomic E-state index is 0.103. The lowest BCUT2D eigenvalue weighted by Gasteiger charge is -2.30. The highest BCUT2D eigenvalue weighted by molar-refractivity contribution is 5.92. The topological polar surface area (TPSA) is 84.7 Å². The number of carbonyl (C=O) groups excluding carboxylic acids is 2. The van der Waals surface area contributed by atoms with E-state index in [2.05, 4.69) is 5.32 Å². The maximum Gasteiger partial charge on any atom is 0.238 e. The van der Waals surface area contributed by atoms with Crippen LogP contribution in [-0.4, -0.2) is 43.5 Å². The predicted octanol–water partition coefficient (Wildman–Crippen LogP) is 0.831. The van der Waals surface area contributed by atoms with Crippen LogP contribution in [0.5, 0.6) is 5.75 Å². The molecule has 0 radical (unpaired) electrons. The number of carbonyl (C=O) groups is 2. The van der Waals surface area contributed by atoms with Crippen molar-refractivity contribution in [2.24, 2.45) is 11.7 Å². The van der Waals surface area contributed by atoms with Crippen molar-refractivity contribution in [2.75, 3.05) is 32.1 Å². The molecule has 1 heterocycles. The van der Waals surface area contributed by atoms with Crippen LogP contribution in [0.3, 0.4) is 0 Å². The molecule has 0 spiro atoms. The fourth-order valence-corrected chi connectivity index (χ4v) is 2.54. The molecule has 114 valence electrons. The van der Waals surface area contributed by atoms with Gasteiger partial charge < -0.3 is 15.8 Å². The first-order valence-corrected chi connectivity index (χ1v) is 7.04. The summed E-state index contributed by atoms with van der Waals surface area (Å²) >= 11 is 0. The summed E-state index contributed by atoms with van der Waals surface area (Å²) in [7, 11) is 1.58. The van der Waals surface area contributed by atoms with E-state index in [1.54, 1.807) is 13.2 Å². The molecule has 1 aromatic carbocycles. The molecule has 1 aliphatic heterocycles. The minimum atomic E-state index is -0.284. The summed E-state index contributed by atoms with van der Waals surface area (Å²) in [5, 5.41) is 2.83. The number of rotatable bonds is 5. The Hall–Kier alpha value is -2.08. The highest BCUT2D eigenvalue weighted by Crippen LogP contribution is 2.18. The lowest BCUT2D eigenvalue weighted by Crippen LogP contribution is -2.44. The second-order valence-electron chi connectivity index (χ2n) is 5.26. The Morgan fingerprint density at radius 3 is 3.00 bits per heavy atom. The van der Waals surface area contributed by atoms with E-state index in [0.717, 1.165) is 19.4 Å². The molecule has 2 rings (SSSR count). The van der Waals surface area contributed by atoms with E-state index in [1.165, 1.54) is 0 Å². The van der Waals surface area contributed by atoms with Gasteiger partial charge in [0.2, 0.25) is 11.8 Å². The Labute approximate surface area is 124 Å². The van der Waals surface area contributed by atoms with Crippen molar-refractivity contribution in [1.82, 2.24) is 4.90 Å². The van der Waals surface area contributed by atoms with Crippen molar-refractivity contribution in [3.05, 3.63) is 24.3 Å². The Kier molecular flexibility index (Phi) is 5.16. The van der Waals surface area contributed by atoms with Crippen LogP contribution in [0.1, 0.15) is 12.8 Å². The van der Waals surface area contributed by atoms with Crippen molar-refractivity contribution in [3.8, 4) is 5.75 Å². The van der Waals surface area contributed by atoms with Gasteiger partial charge >= 0.3 is 0 Å². The fourth-order valence-electron chi connectivity index (χ4n) is 2.54. The zero-order valence-corrected chi connectivity index (χ0v) is 12.2. The van der Waals surface area contributed by atoms with Gasteiger partial charge in [-0.25, -0.2) is 0 Å². The lowest BCUT2D eigenvalue weighted by molar-refractivity contribution is -0.125. The second kappa shape index (κ2) is 7.08. The SMILES string of the molecule is COc1cccc(NC(=O)CN2CCC[C@@H](C(N)=O)C2)c1. The van der Waals surface area contributed by atoms with Crippen LogP contribution in [0.25, 0.3) is 0 Å². The predicted molar refractivity (Wildman–Crippen MR) is 80.0 cm³/mol. The Morgan fingerprint density at radius 1 is 1.48 bits per heavy atom. The molecule has 0 unspecified atom stereocenters. The normalized spacial score (nSPS) is 19.0. The highest BCUT2D eigenvalue weighted by Gasteiger charge is 2.25. The molecule has 0 bridgehead atoms. The van der Waals surface area contributed by atoms with Crippen LogP contribution in [0, 0.1) is 5.92 Å². The first-order valence-electron chi connectivity index (χ1n) is 7.04. The first kappa shape index (κ1) is 15.3. The third-order valence-corrected chi connectivity index (χ3v) is 3.63. The minimum Gasteiger partial charge on any atom is -0.497 e. The maximum atomic E-state index is 12.0. The molecule has 1 aliphatic rings. The fraction of sp³-hybridized carbons (Fsp3) is 0.467. The number of hydrogen-bond donors (Lipinski definition) is 2. The summed E-state index contributed by atoms with van der Waals surface area (Å²) < 4.78 is 5.11. The number of nitrogens with zero attached hydrogens (tertiary/aromatic N) is 1. The number of piperidine rings is 1. The van der Waals surface area contributed by atoms with E-state index in [4.69, 9.17) is 10.5 Å². The number of hydrogen-bond acceptors (Lipinski definition) is 4. The van der Waals surface area contributed by atoms with Gasteiger partial charge in [-0.15, -0.1) is 0 Å². The Bertz CT molecular complexity index is 519. The van der Waals surface area contributed by atoms with E-state index in [9.17, 15) is 9.59 Å². The average molecular weight is 291 g/mol. The van der Waals surface area contributed by atoms with Gasteiger partial charge in [0.1, 0.15) is 5.75 Å². The standard InChI is InChI=1S/C15H21N3O3/c1-21-13-6-2-5-12(8-13)17-14(19)10-18-7-3-4-11(9-18)15(16)20/h2,5-6,8,11H,3-4,7,9-10H2,1H3,(H2,16,20)(H,17,19)/t11-/m1/s1. The van der Waals surface area contributed by atoms with Crippen molar-refractivity contribution >= 4 is 17.5 Å². The quantitative estimate of drug-likeness (QED) is 0.841. The van der Waals surface area contributed by atoms with Gasteiger partial charge in [-0.1, -0.05) is 6.07 Å². The van der Waals surface area contributed by atoms with Gasteiger partial charge in [-0.2, -0.15) is 0 Å². The monoisotopic (exact) mass is 291 g/mol. The molecule has 1 atom stereocenters. The molecule has 21 heavy (non-hydrogen) atoms. The first-order chi connectivity index (χ1) is 10.1. The molecule has 2 amide bonds. The van der Waals surface area contributed by atoms with Crippen molar-refractivity contribution < 1.29 is 14.3 Å². The van der Waals surface area contributed by atoms with Crippen LogP contribution in [-0.2, 0) is 9.59 Å². The molecule has 6 heteroatoms. The Morgan fingerprint density at radius 2 is 2.29 bits per heavy atom. The van der Waals surface area contributed by atoms with Crippen LogP contribution in [0.4, 0.5) is 5.69 Å². The molecule has 1 aromatic rings. The van der Waals surface area contributed by atoms with Crippen LogP contribution < -0.4 is 15.8 Å². The van der Waals surface area contributed by atoms with E-state index in [1.807, 2.05) is 23.1 Å². The molecule has 0 aromatic heterocycles. The van der Waals surface area contributed by atoms with E-state index in [0.29, 0.717) is 18.0 Å². The Balaban J connectivity index is 1.87. The number of primary amides is 1. The number of ether oxygens (including phenoxy) is 1. The summed E-state index contributed by atoms with van der Waals surface area (Å²) in [5.74, 6) is 0.157. The number of nitrogens with two attached hydrogens (primary N) is 1. The lowest BCUT2D eigenvalue weighted by atomic mass is 9.97. The summed E-state index contributed by atoms with van der Waals surface area (Å²) in [6, 6.07) is 7.21. The van der Waals surface area contributed by atoms with E-state index in [-0.39, 0.29) is 24.3 Å². The van der Waals surface area contributed by atoms with Crippen LogP contribution in [0.15, 0.2) is 24.3 Å². The van der Waals surface area contributed by atoms with Gasteiger partial charge in [-0.3, -0.25) is 14.5 Å². The van der Waals surface area contributed by atoms with Gasteiger partial charge in [0, 0.05) is 18.3 Å². The zero-order valence-electron chi connectivity index (χ0n) is 12.2. The van der Waals surface area contributed by atoms with Crippen LogP contribution >= 0.6 is 0 Å². The molecule has 1 fully saturated rings. The third-order valence-electron chi connectivity index (χ3n) is 3.63. The van der Waals surface area contributed by atoms with Crippen LogP contribution in [0.2, 0.25) is 0 Å². The van der Waals surface area contributed by atoms with E-state index >= 15 is 0 Å². The maximum absolute atomic E-state index is 12.0. The third kappa shape index (κ3) is 4.46. The van der Waals surface area contributed by atoms with Gasteiger partial charge in [0.15, 0.2) is 0 Å². The van der Waals surface area contributed by atoms with Gasteiger partial charge in [0.25, 0.3) is 0 Å². The highest BCUT2D eigenvalue weighted by atomic mass is 16.5. The number of benzene rings is 1. The number of anilines is 1. The summed E-state index contributed by atoms with van der Waals surface area (Å²) in [5.41, 5.74) is 6.03.